The zero-order valence-electron chi connectivity index (χ0n) is 10.2. The van der Waals surface area contributed by atoms with Gasteiger partial charge in [0.1, 0.15) is 5.52 Å². The van der Waals surface area contributed by atoms with Crippen LogP contribution in [0.15, 0.2) is 22.6 Å². The summed E-state index contributed by atoms with van der Waals surface area (Å²) in [6, 6.07) is 6.21. The molecule has 1 fully saturated rings. The Morgan fingerprint density at radius 1 is 1.41 bits per heavy atom. The molecule has 0 aliphatic heterocycles. The zero-order chi connectivity index (χ0) is 11.9. The van der Waals surface area contributed by atoms with Crippen LogP contribution in [0.1, 0.15) is 37.6 Å². The van der Waals surface area contributed by atoms with Crippen molar-refractivity contribution in [3.8, 4) is 0 Å². The standard InChI is InChI=1S/C14H18N2O/c1-2-10-4-5-12-11(8-10)16-13(17-12)9-14(15)6-3-7-14/h4-5,8H,2-3,6-7,9,15H2,1H3. The van der Waals surface area contributed by atoms with Crippen molar-refractivity contribution in [3.05, 3.63) is 29.7 Å². The van der Waals surface area contributed by atoms with Gasteiger partial charge in [0.2, 0.25) is 0 Å². The smallest absolute Gasteiger partial charge is 0.197 e. The van der Waals surface area contributed by atoms with Crippen molar-refractivity contribution in [2.24, 2.45) is 5.73 Å². The summed E-state index contributed by atoms with van der Waals surface area (Å²) < 4.78 is 5.75. The molecule has 1 saturated carbocycles. The molecule has 0 unspecified atom stereocenters. The van der Waals surface area contributed by atoms with Gasteiger partial charge in [-0.2, -0.15) is 0 Å². The molecule has 17 heavy (non-hydrogen) atoms. The van der Waals surface area contributed by atoms with Crippen molar-refractivity contribution in [1.29, 1.82) is 0 Å². The van der Waals surface area contributed by atoms with Crippen LogP contribution in [0.3, 0.4) is 0 Å². The number of benzene rings is 1. The molecule has 90 valence electrons. The Morgan fingerprint density at radius 3 is 2.88 bits per heavy atom. The van der Waals surface area contributed by atoms with Gasteiger partial charge in [0, 0.05) is 12.0 Å². The Balaban J connectivity index is 1.90. The first kappa shape index (κ1) is 10.8. The van der Waals surface area contributed by atoms with Crippen LogP contribution < -0.4 is 5.73 Å². The Hall–Kier alpha value is -1.35. The van der Waals surface area contributed by atoms with Gasteiger partial charge in [0.05, 0.1) is 0 Å². The van der Waals surface area contributed by atoms with Crippen molar-refractivity contribution in [2.45, 2.75) is 44.6 Å². The third kappa shape index (κ3) is 1.95. The fraction of sp³-hybridized carbons (Fsp3) is 0.500. The quantitative estimate of drug-likeness (QED) is 0.882. The fourth-order valence-electron chi connectivity index (χ4n) is 2.43. The largest absolute Gasteiger partial charge is 0.441 e. The predicted molar refractivity (Wildman–Crippen MR) is 67.9 cm³/mol. The molecule has 0 spiro atoms. The van der Waals surface area contributed by atoms with Crippen LogP contribution in [0.4, 0.5) is 0 Å². The average molecular weight is 230 g/mol. The van der Waals surface area contributed by atoms with Gasteiger partial charge < -0.3 is 10.2 Å². The van der Waals surface area contributed by atoms with E-state index in [9.17, 15) is 0 Å². The maximum atomic E-state index is 6.21. The lowest BCUT2D eigenvalue weighted by atomic mass is 9.75. The highest BCUT2D eigenvalue weighted by molar-refractivity contribution is 5.73. The second-order valence-electron chi connectivity index (χ2n) is 5.16. The van der Waals surface area contributed by atoms with Crippen LogP contribution in [0.5, 0.6) is 0 Å². The minimum Gasteiger partial charge on any atom is -0.441 e. The van der Waals surface area contributed by atoms with Crippen LogP contribution >= 0.6 is 0 Å². The Bertz CT molecular complexity index is 540. The number of hydrogen-bond donors (Lipinski definition) is 1. The summed E-state index contributed by atoms with van der Waals surface area (Å²) in [5, 5.41) is 0. The second kappa shape index (κ2) is 3.84. The second-order valence-corrected chi connectivity index (χ2v) is 5.16. The van der Waals surface area contributed by atoms with Crippen LogP contribution in [-0.4, -0.2) is 10.5 Å². The van der Waals surface area contributed by atoms with Crippen LogP contribution in [0.2, 0.25) is 0 Å². The molecule has 1 aliphatic carbocycles. The fourth-order valence-corrected chi connectivity index (χ4v) is 2.43. The Kier molecular flexibility index (Phi) is 2.44. The topological polar surface area (TPSA) is 52.0 Å². The van der Waals surface area contributed by atoms with Gasteiger partial charge >= 0.3 is 0 Å². The highest BCUT2D eigenvalue weighted by Crippen LogP contribution is 2.32. The summed E-state index contributed by atoms with van der Waals surface area (Å²) in [7, 11) is 0. The van der Waals surface area contributed by atoms with E-state index in [1.807, 2.05) is 6.07 Å². The maximum absolute atomic E-state index is 6.21. The normalized spacial score (nSPS) is 18.2. The third-order valence-corrected chi connectivity index (χ3v) is 3.76. The van der Waals surface area contributed by atoms with Crippen molar-refractivity contribution >= 4 is 11.1 Å². The summed E-state index contributed by atoms with van der Waals surface area (Å²) in [6.07, 6.45) is 5.21. The van der Waals surface area contributed by atoms with Gasteiger partial charge in [-0.3, -0.25) is 0 Å². The number of oxazole rings is 1. The molecule has 3 heteroatoms. The molecule has 1 aromatic heterocycles. The van der Waals surface area contributed by atoms with Crippen LogP contribution in [0, 0.1) is 0 Å². The molecule has 3 nitrogen and oxygen atoms in total. The molecule has 3 rings (SSSR count). The van der Waals surface area contributed by atoms with Crippen LogP contribution in [0.25, 0.3) is 11.1 Å². The monoisotopic (exact) mass is 230 g/mol. The summed E-state index contributed by atoms with van der Waals surface area (Å²) >= 11 is 0. The first-order valence-corrected chi connectivity index (χ1v) is 6.36. The molecule has 0 saturated heterocycles. The van der Waals surface area contributed by atoms with Gasteiger partial charge in [0.25, 0.3) is 0 Å². The molecule has 2 aromatic rings. The molecule has 1 heterocycles. The number of hydrogen-bond acceptors (Lipinski definition) is 3. The highest BCUT2D eigenvalue weighted by Gasteiger charge is 2.34. The van der Waals surface area contributed by atoms with E-state index >= 15 is 0 Å². The van der Waals surface area contributed by atoms with Crippen molar-refractivity contribution in [1.82, 2.24) is 4.98 Å². The number of nitrogens with zero attached hydrogens (tertiary/aromatic N) is 1. The first-order chi connectivity index (χ1) is 8.18. The number of fused-ring (bicyclic) bond motifs is 1. The van der Waals surface area contributed by atoms with Gasteiger partial charge in [-0.1, -0.05) is 13.0 Å². The molecule has 1 aliphatic rings. The number of nitrogens with two attached hydrogens (primary N) is 1. The molecule has 0 amide bonds. The zero-order valence-corrected chi connectivity index (χ0v) is 10.2. The lowest BCUT2D eigenvalue weighted by Gasteiger charge is -2.36. The molecule has 0 radical (unpaired) electrons. The van der Waals surface area contributed by atoms with E-state index in [1.165, 1.54) is 12.0 Å². The van der Waals surface area contributed by atoms with E-state index in [0.717, 1.165) is 42.7 Å². The minimum atomic E-state index is -0.0610. The van der Waals surface area contributed by atoms with Gasteiger partial charge in [-0.25, -0.2) is 4.98 Å². The summed E-state index contributed by atoms with van der Waals surface area (Å²) in [5.74, 6) is 0.787. The molecule has 2 N–H and O–H groups in total. The number of rotatable bonds is 3. The SMILES string of the molecule is CCc1ccc2oc(CC3(N)CCC3)nc2c1. The third-order valence-electron chi connectivity index (χ3n) is 3.76. The summed E-state index contributed by atoms with van der Waals surface area (Å²) in [4.78, 5) is 4.54. The average Bonchev–Trinajstić information content (AvgIpc) is 2.67. The summed E-state index contributed by atoms with van der Waals surface area (Å²) in [5.41, 5.74) is 9.28. The Labute approximate surface area is 101 Å². The number of aryl methyl sites for hydroxylation is 1. The van der Waals surface area contributed by atoms with Gasteiger partial charge in [-0.15, -0.1) is 0 Å². The van der Waals surface area contributed by atoms with Crippen molar-refractivity contribution in [3.63, 3.8) is 0 Å². The molecular formula is C14H18N2O. The van der Waals surface area contributed by atoms with E-state index in [4.69, 9.17) is 10.2 Å². The van der Waals surface area contributed by atoms with Crippen LogP contribution in [-0.2, 0) is 12.8 Å². The Morgan fingerprint density at radius 2 is 2.24 bits per heavy atom. The van der Waals surface area contributed by atoms with Crippen molar-refractivity contribution < 1.29 is 4.42 Å². The number of aromatic nitrogens is 1. The van der Waals surface area contributed by atoms with E-state index in [1.54, 1.807) is 0 Å². The van der Waals surface area contributed by atoms with Gasteiger partial charge in [0.15, 0.2) is 11.5 Å². The van der Waals surface area contributed by atoms with Gasteiger partial charge in [-0.05, 0) is 43.4 Å². The van der Waals surface area contributed by atoms with E-state index in [0.29, 0.717) is 0 Å². The molecule has 0 atom stereocenters. The minimum absolute atomic E-state index is 0.0610. The molecule has 1 aromatic carbocycles. The molecular weight excluding hydrogens is 212 g/mol. The highest BCUT2D eigenvalue weighted by atomic mass is 16.3. The lowest BCUT2D eigenvalue weighted by molar-refractivity contribution is 0.232. The van der Waals surface area contributed by atoms with E-state index in [-0.39, 0.29) is 5.54 Å². The maximum Gasteiger partial charge on any atom is 0.197 e. The molecule has 0 bridgehead atoms. The lowest BCUT2D eigenvalue weighted by Crippen LogP contribution is -2.48. The van der Waals surface area contributed by atoms with Crippen molar-refractivity contribution in [2.75, 3.05) is 0 Å². The summed E-state index contributed by atoms with van der Waals surface area (Å²) in [6.45, 7) is 2.14. The van der Waals surface area contributed by atoms with E-state index in [2.05, 4.69) is 24.0 Å². The predicted octanol–water partition coefficient (Wildman–Crippen LogP) is 2.81. The van der Waals surface area contributed by atoms with E-state index < -0.39 is 0 Å². The first-order valence-electron chi connectivity index (χ1n) is 6.36.